The van der Waals surface area contributed by atoms with Crippen molar-refractivity contribution in [1.29, 1.82) is 0 Å². The predicted molar refractivity (Wildman–Crippen MR) is 136 cm³/mol. The molecule has 0 spiro atoms. The topological polar surface area (TPSA) is 71.7 Å². The van der Waals surface area contributed by atoms with Crippen molar-refractivity contribution in [2.24, 2.45) is 5.92 Å². The minimum atomic E-state index is -0.0456. The Kier molecular flexibility index (Phi) is 7.55. The third-order valence-corrected chi connectivity index (χ3v) is 6.67. The molecule has 1 fully saturated rings. The highest BCUT2D eigenvalue weighted by atomic mass is 16.5. The number of benzene rings is 2. The van der Waals surface area contributed by atoms with E-state index in [9.17, 15) is 4.79 Å². The number of ether oxygens (including phenoxy) is 1. The van der Waals surface area contributed by atoms with E-state index < -0.39 is 0 Å². The van der Waals surface area contributed by atoms with E-state index in [2.05, 4.69) is 47.9 Å². The van der Waals surface area contributed by atoms with Crippen LogP contribution in [0.25, 0.3) is 11.4 Å². The van der Waals surface area contributed by atoms with Gasteiger partial charge in [-0.2, -0.15) is 4.98 Å². The number of hydrogen-bond donors (Lipinski definition) is 0. The van der Waals surface area contributed by atoms with Crippen molar-refractivity contribution in [3.8, 4) is 17.1 Å². The molecule has 0 N–H and O–H groups in total. The van der Waals surface area contributed by atoms with Crippen LogP contribution in [0.3, 0.4) is 0 Å². The van der Waals surface area contributed by atoms with E-state index >= 15 is 0 Å². The van der Waals surface area contributed by atoms with E-state index in [1.54, 1.807) is 12.0 Å². The number of nitrogens with zero attached hydrogens (tertiary/aromatic N) is 4. The SMILES string of the molecule is COc1ccccc1CN(C)C(=O)C1CCCN(Cc2nc(-c3ccc(C(C)(C)C)cc3)no2)C1. The highest BCUT2D eigenvalue weighted by molar-refractivity contribution is 5.79. The molecule has 1 saturated heterocycles. The van der Waals surface area contributed by atoms with Gasteiger partial charge in [-0.05, 0) is 36.4 Å². The van der Waals surface area contributed by atoms with Gasteiger partial charge in [0.2, 0.25) is 17.6 Å². The smallest absolute Gasteiger partial charge is 0.241 e. The largest absolute Gasteiger partial charge is 0.496 e. The minimum absolute atomic E-state index is 0.0456. The molecule has 1 amide bonds. The molecule has 4 rings (SSSR count). The monoisotopic (exact) mass is 476 g/mol. The molecule has 0 bridgehead atoms. The Bertz CT molecular complexity index is 1130. The van der Waals surface area contributed by atoms with Crippen molar-refractivity contribution >= 4 is 5.91 Å². The summed E-state index contributed by atoms with van der Waals surface area (Å²) in [5.74, 6) is 2.09. The number of piperidine rings is 1. The molecule has 7 nitrogen and oxygen atoms in total. The normalized spacial score (nSPS) is 16.8. The number of hydrogen-bond acceptors (Lipinski definition) is 6. The van der Waals surface area contributed by atoms with Gasteiger partial charge in [-0.3, -0.25) is 9.69 Å². The second-order valence-electron chi connectivity index (χ2n) is 10.4. The third kappa shape index (κ3) is 6.09. The number of aromatic nitrogens is 2. The average Bonchev–Trinajstić information content (AvgIpc) is 3.32. The lowest BCUT2D eigenvalue weighted by molar-refractivity contribution is -0.136. The van der Waals surface area contributed by atoms with Crippen LogP contribution < -0.4 is 4.74 Å². The lowest BCUT2D eigenvalue weighted by Crippen LogP contribution is -2.43. The van der Waals surface area contributed by atoms with Crippen LogP contribution in [0.4, 0.5) is 0 Å². The number of methoxy groups -OCH3 is 1. The van der Waals surface area contributed by atoms with Gasteiger partial charge >= 0.3 is 0 Å². The predicted octanol–water partition coefficient (Wildman–Crippen LogP) is 4.91. The first kappa shape index (κ1) is 24.9. The number of carbonyl (C=O) groups excluding carboxylic acids is 1. The van der Waals surface area contributed by atoms with Crippen molar-refractivity contribution in [2.75, 3.05) is 27.2 Å². The summed E-state index contributed by atoms with van der Waals surface area (Å²) in [6.45, 7) is 9.27. The Balaban J connectivity index is 1.36. The molecule has 1 aliphatic heterocycles. The summed E-state index contributed by atoms with van der Waals surface area (Å²) < 4.78 is 11.0. The summed E-state index contributed by atoms with van der Waals surface area (Å²) in [5, 5.41) is 4.19. The van der Waals surface area contributed by atoms with Gasteiger partial charge < -0.3 is 14.2 Å². The van der Waals surface area contributed by atoms with E-state index in [0.29, 0.717) is 31.3 Å². The standard InChI is InChI=1S/C28H36N4O3/c1-28(2,3)23-14-12-20(13-15-23)26-29-25(35-30-26)19-32-16-8-10-22(18-32)27(33)31(4)17-21-9-6-7-11-24(21)34-5/h6-7,9,11-15,22H,8,10,16-19H2,1-5H3. The van der Waals surface area contributed by atoms with Gasteiger partial charge in [-0.1, -0.05) is 68.4 Å². The molecule has 7 heteroatoms. The quantitative estimate of drug-likeness (QED) is 0.482. The molecule has 0 radical (unpaired) electrons. The fourth-order valence-corrected chi connectivity index (χ4v) is 4.63. The maximum atomic E-state index is 13.2. The molecule has 35 heavy (non-hydrogen) atoms. The highest BCUT2D eigenvalue weighted by Crippen LogP contribution is 2.26. The Morgan fingerprint density at radius 2 is 1.91 bits per heavy atom. The van der Waals surface area contributed by atoms with Gasteiger partial charge in [0.25, 0.3) is 0 Å². The Morgan fingerprint density at radius 3 is 2.63 bits per heavy atom. The van der Waals surface area contributed by atoms with Crippen molar-refractivity contribution < 1.29 is 14.1 Å². The minimum Gasteiger partial charge on any atom is -0.496 e. The average molecular weight is 477 g/mol. The Labute approximate surface area is 208 Å². The second-order valence-corrected chi connectivity index (χ2v) is 10.4. The van der Waals surface area contributed by atoms with Crippen LogP contribution in [0, 0.1) is 5.92 Å². The van der Waals surface area contributed by atoms with Crippen LogP contribution in [0.2, 0.25) is 0 Å². The molecule has 3 aromatic rings. The van der Waals surface area contributed by atoms with Gasteiger partial charge in [0, 0.05) is 31.3 Å². The fourth-order valence-electron chi connectivity index (χ4n) is 4.63. The number of likely N-dealkylation sites (tertiary alicyclic amines) is 1. The highest BCUT2D eigenvalue weighted by Gasteiger charge is 2.29. The van der Waals surface area contributed by atoms with E-state index in [1.165, 1.54) is 5.56 Å². The molecule has 2 aromatic carbocycles. The first-order chi connectivity index (χ1) is 16.7. The molecule has 2 heterocycles. The lowest BCUT2D eigenvalue weighted by Gasteiger charge is -2.33. The van der Waals surface area contributed by atoms with Gasteiger partial charge in [-0.15, -0.1) is 0 Å². The number of rotatable bonds is 7. The van der Waals surface area contributed by atoms with Crippen molar-refractivity contribution in [1.82, 2.24) is 19.9 Å². The fraction of sp³-hybridized carbons (Fsp3) is 0.464. The van der Waals surface area contributed by atoms with Crippen LogP contribution in [0.15, 0.2) is 53.1 Å². The van der Waals surface area contributed by atoms with E-state index in [1.807, 2.05) is 43.4 Å². The maximum Gasteiger partial charge on any atom is 0.241 e. The molecular weight excluding hydrogens is 440 g/mol. The molecule has 1 unspecified atom stereocenters. The Hall–Kier alpha value is -3.19. The lowest BCUT2D eigenvalue weighted by atomic mass is 9.87. The third-order valence-electron chi connectivity index (χ3n) is 6.67. The van der Waals surface area contributed by atoms with Gasteiger partial charge in [0.15, 0.2) is 0 Å². The summed E-state index contributed by atoms with van der Waals surface area (Å²) in [7, 11) is 3.52. The van der Waals surface area contributed by atoms with E-state index in [-0.39, 0.29) is 17.2 Å². The number of carbonyl (C=O) groups is 1. The number of para-hydroxylation sites is 1. The van der Waals surface area contributed by atoms with Crippen LogP contribution >= 0.6 is 0 Å². The van der Waals surface area contributed by atoms with Gasteiger partial charge in [0.1, 0.15) is 5.75 Å². The summed E-state index contributed by atoms with van der Waals surface area (Å²) in [6.07, 6.45) is 1.86. The zero-order chi connectivity index (χ0) is 25.0. The molecule has 1 aromatic heterocycles. The summed E-state index contributed by atoms with van der Waals surface area (Å²) in [4.78, 5) is 21.9. The van der Waals surface area contributed by atoms with Crippen molar-refractivity contribution in [3.05, 3.63) is 65.5 Å². The van der Waals surface area contributed by atoms with Crippen molar-refractivity contribution in [3.63, 3.8) is 0 Å². The van der Waals surface area contributed by atoms with E-state index in [4.69, 9.17) is 9.26 Å². The Morgan fingerprint density at radius 1 is 1.17 bits per heavy atom. The molecular formula is C28H36N4O3. The maximum absolute atomic E-state index is 13.2. The van der Waals surface area contributed by atoms with Gasteiger partial charge in [0.05, 0.1) is 19.6 Å². The first-order valence-corrected chi connectivity index (χ1v) is 12.3. The van der Waals surface area contributed by atoms with Crippen molar-refractivity contribution in [2.45, 2.75) is 52.1 Å². The summed E-state index contributed by atoms with van der Waals surface area (Å²) in [6, 6.07) is 16.2. The van der Waals surface area contributed by atoms with E-state index in [0.717, 1.165) is 36.3 Å². The van der Waals surface area contributed by atoms with Crippen LogP contribution in [-0.4, -0.2) is 53.1 Å². The molecule has 186 valence electrons. The van der Waals surface area contributed by atoms with Crippen LogP contribution in [0.5, 0.6) is 5.75 Å². The molecule has 1 atom stereocenters. The molecule has 1 aliphatic rings. The first-order valence-electron chi connectivity index (χ1n) is 12.3. The zero-order valence-corrected chi connectivity index (χ0v) is 21.5. The summed E-state index contributed by atoms with van der Waals surface area (Å²) in [5.41, 5.74) is 3.32. The summed E-state index contributed by atoms with van der Waals surface area (Å²) >= 11 is 0. The second kappa shape index (κ2) is 10.6. The molecule has 0 saturated carbocycles. The zero-order valence-electron chi connectivity index (χ0n) is 21.5. The van der Waals surface area contributed by atoms with Crippen LogP contribution in [-0.2, 0) is 23.3 Å². The molecule has 0 aliphatic carbocycles. The number of amides is 1. The van der Waals surface area contributed by atoms with Gasteiger partial charge in [-0.25, -0.2) is 0 Å². The van der Waals surface area contributed by atoms with Crippen LogP contribution in [0.1, 0.15) is 50.6 Å².